The second-order valence-corrected chi connectivity index (χ2v) is 6.37. The van der Waals surface area contributed by atoms with Crippen molar-refractivity contribution < 1.29 is 19.2 Å². The van der Waals surface area contributed by atoms with E-state index >= 15 is 0 Å². The Morgan fingerprint density at radius 2 is 2.22 bits per heavy atom. The lowest BCUT2D eigenvalue weighted by Gasteiger charge is -2.27. The quantitative estimate of drug-likeness (QED) is 0.688. The fraction of sp³-hybridized carbons (Fsp3) is 0.733. The highest BCUT2D eigenvalue weighted by atomic mass is 16.5. The topological polar surface area (TPSA) is 109 Å². The number of nitrogens with one attached hydrogen (secondary N) is 1. The van der Waals surface area contributed by atoms with Crippen LogP contribution >= 0.6 is 0 Å². The number of amides is 1. The van der Waals surface area contributed by atoms with Gasteiger partial charge >= 0.3 is 0 Å². The van der Waals surface area contributed by atoms with Crippen LogP contribution in [0, 0.1) is 0 Å². The molecular formula is C15H24N4O4. The first-order valence-electron chi connectivity index (χ1n) is 7.90. The maximum atomic E-state index is 12.5. The summed E-state index contributed by atoms with van der Waals surface area (Å²) in [5, 5.41) is 15.9. The summed E-state index contributed by atoms with van der Waals surface area (Å²) in [5.74, 6) is 0.00749. The number of carbonyl (C=O) groups is 2. The molecule has 1 unspecified atom stereocenters. The van der Waals surface area contributed by atoms with E-state index < -0.39 is 11.6 Å². The van der Waals surface area contributed by atoms with Crippen LogP contribution in [0.5, 0.6) is 0 Å². The van der Waals surface area contributed by atoms with Crippen LogP contribution in [0.15, 0.2) is 4.52 Å². The third-order valence-corrected chi connectivity index (χ3v) is 3.98. The Kier molecular flexibility index (Phi) is 5.48. The van der Waals surface area contributed by atoms with Crippen LogP contribution in [0.4, 0.5) is 0 Å². The highest BCUT2D eigenvalue weighted by Crippen LogP contribution is 2.20. The Balaban J connectivity index is 2.01. The molecule has 0 bridgehead atoms. The molecular weight excluding hydrogens is 300 g/mol. The number of aryl methyl sites for hydroxylation is 1. The van der Waals surface area contributed by atoms with Crippen molar-refractivity contribution in [3.63, 3.8) is 0 Å². The van der Waals surface area contributed by atoms with Crippen LogP contribution in [0.3, 0.4) is 0 Å². The minimum Gasteiger partial charge on any atom is -0.394 e. The van der Waals surface area contributed by atoms with Crippen LogP contribution in [-0.4, -0.2) is 63.1 Å². The van der Waals surface area contributed by atoms with Gasteiger partial charge in [-0.2, -0.15) is 4.98 Å². The molecule has 1 aromatic heterocycles. The zero-order valence-corrected chi connectivity index (χ0v) is 13.8. The van der Waals surface area contributed by atoms with Crippen molar-refractivity contribution in [1.82, 2.24) is 20.4 Å². The van der Waals surface area contributed by atoms with E-state index in [1.54, 1.807) is 18.7 Å². The molecule has 1 saturated heterocycles. The molecule has 2 rings (SSSR count). The fourth-order valence-electron chi connectivity index (χ4n) is 2.46. The van der Waals surface area contributed by atoms with Crippen LogP contribution in [0.25, 0.3) is 0 Å². The molecule has 0 saturated carbocycles. The Hall–Kier alpha value is -1.80. The molecule has 23 heavy (non-hydrogen) atoms. The average molecular weight is 324 g/mol. The Morgan fingerprint density at radius 1 is 1.48 bits per heavy atom. The number of carbonyl (C=O) groups excluding carboxylic acids is 2. The highest BCUT2D eigenvalue weighted by molar-refractivity contribution is 5.99. The summed E-state index contributed by atoms with van der Waals surface area (Å²) in [4.78, 5) is 30.5. The van der Waals surface area contributed by atoms with Gasteiger partial charge in [-0.15, -0.1) is 0 Å². The van der Waals surface area contributed by atoms with Crippen molar-refractivity contribution in [3.05, 3.63) is 11.7 Å². The number of Topliss-reactive ketones (excluding diaryl/α,β-unsaturated/α-hetero) is 1. The van der Waals surface area contributed by atoms with Gasteiger partial charge in [0.2, 0.25) is 23.4 Å². The Morgan fingerprint density at radius 3 is 2.83 bits per heavy atom. The number of aromatic nitrogens is 2. The third-order valence-electron chi connectivity index (χ3n) is 3.98. The Labute approximate surface area is 135 Å². The number of aliphatic hydroxyl groups is 1. The van der Waals surface area contributed by atoms with E-state index in [4.69, 9.17) is 4.52 Å². The normalized spacial score (nSPS) is 18.4. The third kappa shape index (κ3) is 4.14. The van der Waals surface area contributed by atoms with Gasteiger partial charge in [-0.3, -0.25) is 9.59 Å². The number of rotatable bonds is 7. The molecule has 1 amide bonds. The summed E-state index contributed by atoms with van der Waals surface area (Å²) in [6.45, 7) is 6.00. The first-order valence-corrected chi connectivity index (χ1v) is 7.90. The van der Waals surface area contributed by atoms with Crippen molar-refractivity contribution in [1.29, 1.82) is 0 Å². The summed E-state index contributed by atoms with van der Waals surface area (Å²) in [6, 6.07) is -0.538. The van der Waals surface area contributed by atoms with Gasteiger partial charge in [0, 0.05) is 18.5 Å². The van der Waals surface area contributed by atoms with Gasteiger partial charge in [0.25, 0.3) is 0 Å². The van der Waals surface area contributed by atoms with Crippen molar-refractivity contribution in [3.8, 4) is 0 Å². The summed E-state index contributed by atoms with van der Waals surface area (Å²) in [5.41, 5.74) is -0.543. The smallest absolute Gasteiger partial charge is 0.240 e. The lowest BCUT2D eigenvalue weighted by Crippen LogP contribution is -2.50. The summed E-state index contributed by atoms with van der Waals surface area (Å²) >= 11 is 0. The molecule has 0 aliphatic carbocycles. The molecule has 1 atom stereocenters. The molecule has 1 aliphatic rings. The highest BCUT2D eigenvalue weighted by Gasteiger charge is 2.36. The lowest BCUT2D eigenvalue weighted by molar-refractivity contribution is -0.130. The molecule has 1 aliphatic heterocycles. The second kappa shape index (κ2) is 7.18. The standard InChI is InChI=1S/C15H24N4O4/c1-4-11-17-14(18-23-11)13(22)10-6-5-7-19(10)12(21)8-16-15(2,3)9-20/h10,16,20H,4-9H2,1-3H3. The summed E-state index contributed by atoms with van der Waals surface area (Å²) < 4.78 is 4.97. The minimum absolute atomic E-state index is 0.0372. The van der Waals surface area contributed by atoms with Gasteiger partial charge in [-0.25, -0.2) is 0 Å². The van der Waals surface area contributed by atoms with Gasteiger partial charge < -0.3 is 19.8 Å². The SMILES string of the molecule is CCc1nc(C(=O)C2CCCN2C(=O)CNC(C)(C)CO)no1. The van der Waals surface area contributed by atoms with E-state index in [0.29, 0.717) is 25.3 Å². The molecule has 128 valence electrons. The lowest BCUT2D eigenvalue weighted by atomic mass is 10.1. The molecule has 1 aromatic rings. The summed E-state index contributed by atoms with van der Waals surface area (Å²) in [6.07, 6.45) is 1.93. The molecule has 0 aromatic carbocycles. The van der Waals surface area contributed by atoms with Gasteiger partial charge in [0.1, 0.15) is 0 Å². The summed E-state index contributed by atoms with van der Waals surface area (Å²) in [7, 11) is 0. The molecule has 1 fully saturated rings. The zero-order valence-electron chi connectivity index (χ0n) is 13.8. The van der Waals surface area contributed by atoms with Crippen molar-refractivity contribution in [2.24, 2.45) is 0 Å². The maximum Gasteiger partial charge on any atom is 0.240 e. The Bertz CT molecular complexity index is 570. The molecule has 0 radical (unpaired) electrons. The fourth-order valence-corrected chi connectivity index (χ4v) is 2.46. The number of likely N-dealkylation sites (tertiary alicyclic amines) is 1. The first-order chi connectivity index (χ1) is 10.9. The molecule has 8 nitrogen and oxygen atoms in total. The second-order valence-electron chi connectivity index (χ2n) is 6.37. The van der Waals surface area contributed by atoms with E-state index in [1.807, 2.05) is 6.92 Å². The number of hydrogen-bond acceptors (Lipinski definition) is 7. The molecule has 2 N–H and O–H groups in total. The first kappa shape index (κ1) is 17.6. The largest absolute Gasteiger partial charge is 0.394 e. The van der Waals surface area contributed by atoms with E-state index in [9.17, 15) is 14.7 Å². The van der Waals surface area contributed by atoms with Crippen molar-refractivity contribution in [2.45, 2.75) is 51.6 Å². The molecule has 2 heterocycles. The van der Waals surface area contributed by atoms with E-state index in [-0.39, 0.29) is 30.7 Å². The minimum atomic E-state index is -0.543. The van der Waals surface area contributed by atoms with E-state index in [1.165, 1.54) is 0 Å². The van der Waals surface area contributed by atoms with Crippen LogP contribution in [0.2, 0.25) is 0 Å². The van der Waals surface area contributed by atoms with Gasteiger partial charge in [-0.05, 0) is 26.7 Å². The van der Waals surface area contributed by atoms with E-state index in [2.05, 4.69) is 15.5 Å². The number of hydrogen-bond donors (Lipinski definition) is 2. The van der Waals surface area contributed by atoms with Gasteiger partial charge in [-0.1, -0.05) is 12.1 Å². The maximum absolute atomic E-state index is 12.5. The molecule has 8 heteroatoms. The monoisotopic (exact) mass is 324 g/mol. The number of ketones is 1. The van der Waals surface area contributed by atoms with Crippen LogP contribution < -0.4 is 5.32 Å². The van der Waals surface area contributed by atoms with Crippen LogP contribution in [0.1, 0.15) is 50.1 Å². The van der Waals surface area contributed by atoms with Gasteiger partial charge in [0.05, 0.1) is 19.2 Å². The van der Waals surface area contributed by atoms with E-state index in [0.717, 1.165) is 6.42 Å². The predicted octanol–water partition coefficient (Wildman–Crippen LogP) is 0.166. The number of aliphatic hydroxyl groups excluding tert-OH is 1. The average Bonchev–Trinajstić information content (AvgIpc) is 3.20. The number of nitrogens with zero attached hydrogens (tertiary/aromatic N) is 3. The van der Waals surface area contributed by atoms with Crippen molar-refractivity contribution in [2.75, 3.05) is 19.7 Å². The van der Waals surface area contributed by atoms with Gasteiger partial charge in [0.15, 0.2) is 0 Å². The zero-order chi connectivity index (χ0) is 17.0. The predicted molar refractivity (Wildman–Crippen MR) is 81.9 cm³/mol. The van der Waals surface area contributed by atoms with Crippen molar-refractivity contribution >= 4 is 11.7 Å². The molecule has 0 spiro atoms. The van der Waals surface area contributed by atoms with Crippen LogP contribution in [-0.2, 0) is 11.2 Å².